The molecule has 1 unspecified atom stereocenters. The minimum Gasteiger partial charge on any atom is -0.313 e. The maximum atomic E-state index is 4.34. The van der Waals surface area contributed by atoms with Crippen molar-refractivity contribution >= 4 is 5.52 Å². The lowest BCUT2D eigenvalue weighted by Crippen LogP contribution is -2.16. The number of fused-ring (bicyclic) bond motifs is 1. The van der Waals surface area contributed by atoms with Crippen molar-refractivity contribution in [3.05, 3.63) is 48.3 Å². The molecular weight excluding hydrogens is 198 g/mol. The molecular formula is C13H17N3. The van der Waals surface area contributed by atoms with E-state index >= 15 is 0 Å². The van der Waals surface area contributed by atoms with Crippen LogP contribution in [-0.2, 0) is 0 Å². The standard InChI is InChI=1S/C13H17N3/c1-10(2)8-12(14-3)11-9-15-16-7-5-4-6-13(11)16/h4-7,9,12,14H,1,8H2,2-3H3. The molecule has 0 radical (unpaired) electrons. The van der Waals surface area contributed by atoms with Crippen molar-refractivity contribution in [3.8, 4) is 0 Å². The van der Waals surface area contributed by atoms with Gasteiger partial charge in [0.1, 0.15) is 0 Å². The predicted molar refractivity (Wildman–Crippen MR) is 66.4 cm³/mol. The molecule has 0 saturated carbocycles. The number of aromatic nitrogens is 2. The van der Waals surface area contributed by atoms with Gasteiger partial charge in [-0.2, -0.15) is 5.10 Å². The number of hydrogen-bond acceptors (Lipinski definition) is 2. The Bertz CT molecular complexity index is 499. The van der Waals surface area contributed by atoms with Crippen LogP contribution < -0.4 is 5.32 Å². The second kappa shape index (κ2) is 4.49. The van der Waals surface area contributed by atoms with Gasteiger partial charge in [-0.3, -0.25) is 0 Å². The lowest BCUT2D eigenvalue weighted by Gasteiger charge is -2.14. The van der Waals surface area contributed by atoms with Gasteiger partial charge in [0.25, 0.3) is 0 Å². The number of pyridine rings is 1. The van der Waals surface area contributed by atoms with Gasteiger partial charge in [0.2, 0.25) is 0 Å². The van der Waals surface area contributed by atoms with Crippen molar-refractivity contribution in [1.82, 2.24) is 14.9 Å². The maximum Gasteiger partial charge on any atom is 0.0709 e. The van der Waals surface area contributed by atoms with Crippen LogP contribution in [0, 0.1) is 0 Å². The molecule has 3 heteroatoms. The van der Waals surface area contributed by atoms with Crippen molar-refractivity contribution in [2.45, 2.75) is 19.4 Å². The fraction of sp³-hybridized carbons (Fsp3) is 0.308. The third-order valence-electron chi connectivity index (χ3n) is 2.73. The highest BCUT2D eigenvalue weighted by molar-refractivity contribution is 5.55. The molecule has 0 saturated heterocycles. The Kier molecular flexibility index (Phi) is 3.06. The van der Waals surface area contributed by atoms with Crippen LogP contribution in [0.5, 0.6) is 0 Å². The Morgan fingerprint density at radius 2 is 2.38 bits per heavy atom. The maximum absolute atomic E-state index is 4.34. The molecule has 0 aliphatic rings. The van der Waals surface area contributed by atoms with Crippen LogP contribution in [0.4, 0.5) is 0 Å². The van der Waals surface area contributed by atoms with E-state index in [0.29, 0.717) is 0 Å². The summed E-state index contributed by atoms with van der Waals surface area (Å²) in [5.74, 6) is 0. The Balaban J connectivity index is 2.41. The summed E-state index contributed by atoms with van der Waals surface area (Å²) in [4.78, 5) is 0. The van der Waals surface area contributed by atoms with Gasteiger partial charge in [-0.05, 0) is 32.5 Å². The van der Waals surface area contributed by atoms with Crippen molar-refractivity contribution in [1.29, 1.82) is 0 Å². The summed E-state index contributed by atoms with van der Waals surface area (Å²) in [6, 6.07) is 6.40. The smallest absolute Gasteiger partial charge is 0.0709 e. The molecule has 0 aliphatic carbocycles. The van der Waals surface area contributed by atoms with E-state index < -0.39 is 0 Å². The van der Waals surface area contributed by atoms with Crippen molar-refractivity contribution in [2.24, 2.45) is 0 Å². The van der Waals surface area contributed by atoms with E-state index in [1.807, 2.05) is 36.1 Å². The first-order chi connectivity index (χ1) is 7.72. The summed E-state index contributed by atoms with van der Waals surface area (Å²) >= 11 is 0. The Labute approximate surface area is 95.8 Å². The van der Waals surface area contributed by atoms with Gasteiger partial charge in [0.05, 0.1) is 11.7 Å². The average Bonchev–Trinajstić information content (AvgIpc) is 2.69. The molecule has 0 aromatic carbocycles. The highest BCUT2D eigenvalue weighted by Crippen LogP contribution is 2.23. The highest BCUT2D eigenvalue weighted by Gasteiger charge is 2.14. The third-order valence-corrected chi connectivity index (χ3v) is 2.73. The molecule has 0 bridgehead atoms. The zero-order chi connectivity index (χ0) is 11.5. The van der Waals surface area contributed by atoms with Gasteiger partial charge in [-0.1, -0.05) is 11.6 Å². The van der Waals surface area contributed by atoms with Gasteiger partial charge in [0, 0.05) is 17.8 Å². The summed E-state index contributed by atoms with van der Waals surface area (Å²) in [5.41, 5.74) is 3.56. The second-order valence-corrected chi connectivity index (χ2v) is 4.13. The molecule has 0 spiro atoms. The summed E-state index contributed by atoms with van der Waals surface area (Å²) in [7, 11) is 1.97. The topological polar surface area (TPSA) is 29.3 Å². The van der Waals surface area contributed by atoms with Crippen LogP contribution in [0.15, 0.2) is 42.7 Å². The van der Waals surface area contributed by atoms with E-state index in [2.05, 4.69) is 30.0 Å². The fourth-order valence-corrected chi connectivity index (χ4v) is 1.94. The number of nitrogens with zero attached hydrogens (tertiary/aromatic N) is 2. The van der Waals surface area contributed by atoms with Crippen LogP contribution in [0.25, 0.3) is 5.52 Å². The van der Waals surface area contributed by atoms with Crippen molar-refractivity contribution in [2.75, 3.05) is 7.05 Å². The van der Waals surface area contributed by atoms with Crippen molar-refractivity contribution in [3.63, 3.8) is 0 Å². The monoisotopic (exact) mass is 215 g/mol. The number of rotatable bonds is 4. The van der Waals surface area contributed by atoms with Gasteiger partial charge < -0.3 is 5.32 Å². The van der Waals surface area contributed by atoms with E-state index in [9.17, 15) is 0 Å². The molecule has 0 fully saturated rings. The molecule has 1 N–H and O–H groups in total. The Hall–Kier alpha value is -1.61. The lowest BCUT2D eigenvalue weighted by molar-refractivity contribution is 0.594. The third kappa shape index (κ3) is 1.99. The van der Waals surface area contributed by atoms with Crippen molar-refractivity contribution < 1.29 is 0 Å². The van der Waals surface area contributed by atoms with Crippen LogP contribution in [0.3, 0.4) is 0 Å². The molecule has 0 amide bonds. The summed E-state index contributed by atoms with van der Waals surface area (Å²) < 4.78 is 1.90. The largest absolute Gasteiger partial charge is 0.313 e. The fourth-order valence-electron chi connectivity index (χ4n) is 1.94. The lowest BCUT2D eigenvalue weighted by atomic mass is 10.0. The SMILES string of the molecule is C=C(C)CC(NC)c1cnn2ccccc12. The molecule has 1 atom stereocenters. The van der Waals surface area contributed by atoms with E-state index in [0.717, 1.165) is 11.9 Å². The van der Waals surface area contributed by atoms with Crippen LogP contribution in [0.1, 0.15) is 24.9 Å². The molecule has 2 heterocycles. The van der Waals surface area contributed by atoms with Gasteiger partial charge >= 0.3 is 0 Å². The average molecular weight is 215 g/mol. The number of hydrogen-bond donors (Lipinski definition) is 1. The van der Waals surface area contributed by atoms with Crippen LogP contribution in [0.2, 0.25) is 0 Å². The quantitative estimate of drug-likeness (QED) is 0.794. The van der Waals surface area contributed by atoms with E-state index in [1.165, 1.54) is 11.1 Å². The van der Waals surface area contributed by atoms with Gasteiger partial charge in [0.15, 0.2) is 0 Å². The molecule has 16 heavy (non-hydrogen) atoms. The van der Waals surface area contributed by atoms with Crippen LogP contribution >= 0.6 is 0 Å². The summed E-state index contributed by atoms with van der Waals surface area (Å²) in [5, 5.41) is 7.66. The normalized spacial score (nSPS) is 12.9. The molecule has 2 aromatic heterocycles. The Morgan fingerprint density at radius 3 is 3.06 bits per heavy atom. The minimum atomic E-state index is 0.289. The molecule has 0 aliphatic heterocycles. The van der Waals surface area contributed by atoms with Gasteiger partial charge in [-0.15, -0.1) is 6.58 Å². The zero-order valence-corrected chi connectivity index (χ0v) is 9.77. The van der Waals surface area contributed by atoms with Gasteiger partial charge in [-0.25, -0.2) is 4.52 Å². The Morgan fingerprint density at radius 1 is 1.56 bits per heavy atom. The molecule has 84 valence electrons. The van der Waals surface area contributed by atoms with E-state index in [4.69, 9.17) is 0 Å². The molecule has 2 aromatic rings. The second-order valence-electron chi connectivity index (χ2n) is 4.13. The zero-order valence-electron chi connectivity index (χ0n) is 9.77. The molecule has 2 rings (SSSR count). The minimum absolute atomic E-state index is 0.289. The van der Waals surface area contributed by atoms with Crippen LogP contribution in [-0.4, -0.2) is 16.7 Å². The van der Waals surface area contributed by atoms with E-state index in [1.54, 1.807) is 0 Å². The first kappa shape index (κ1) is 10.9. The first-order valence-electron chi connectivity index (χ1n) is 5.46. The first-order valence-corrected chi connectivity index (χ1v) is 5.46. The molecule has 3 nitrogen and oxygen atoms in total. The van der Waals surface area contributed by atoms with E-state index in [-0.39, 0.29) is 6.04 Å². The number of nitrogens with one attached hydrogen (secondary N) is 1. The summed E-state index contributed by atoms with van der Waals surface area (Å²) in [6.45, 7) is 6.02. The predicted octanol–water partition coefficient (Wildman–Crippen LogP) is 2.56. The summed E-state index contributed by atoms with van der Waals surface area (Å²) in [6.07, 6.45) is 4.83. The highest BCUT2D eigenvalue weighted by atomic mass is 15.2.